The summed E-state index contributed by atoms with van der Waals surface area (Å²) in [4.78, 5) is 0. The second kappa shape index (κ2) is 9.54. The molecule has 0 N–H and O–H groups in total. The van der Waals surface area contributed by atoms with Crippen LogP contribution in [0.4, 0.5) is 0 Å². The summed E-state index contributed by atoms with van der Waals surface area (Å²) in [5.74, 6) is 0.693. The van der Waals surface area contributed by atoms with E-state index in [9.17, 15) is 0 Å². The van der Waals surface area contributed by atoms with Crippen molar-refractivity contribution >= 4 is 0 Å². The van der Waals surface area contributed by atoms with Crippen LogP contribution in [0.1, 0.15) is 46.0 Å². The molecule has 0 spiro atoms. The van der Waals surface area contributed by atoms with Gasteiger partial charge in [-0.1, -0.05) is 33.1 Å². The molecule has 2 heteroatoms. The van der Waals surface area contributed by atoms with E-state index in [-0.39, 0.29) is 0 Å². The average molecular weight is 183 g/mol. The summed E-state index contributed by atoms with van der Waals surface area (Å²) < 4.78 is 5.40. The van der Waals surface area contributed by atoms with Crippen molar-refractivity contribution in [2.45, 2.75) is 46.0 Å². The van der Waals surface area contributed by atoms with Gasteiger partial charge in [0.1, 0.15) is 0 Å². The minimum Gasteiger partial charge on any atom is -0.380 e. The zero-order valence-corrected chi connectivity index (χ0v) is 8.88. The fraction of sp³-hybridized carbons (Fsp3) is 0.909. The van der Waals surface area contributed by atoms with Crippen molar-refractivity contribution in [1.29, 1.82) is 5.26 Å². The molecular weight excluding hydrogens is 162 g/mol. The van der Waals surface area contributed by atoms with Crippen LogP contribution < -0.4 is 0 Å². The highest BCUT2D eigenvalue weighted by Crippen LogP contribution is 2.12. The number of rotatable bonds is 8. The molecule has 0 aliphatic carbocycles. The second-order valence-electron chi connectivity index (χ2n) is 3.40. The van der Waals surface area contributed by atoms with Gasteiger partial charge in [0.15, 0.2) is 0 Å². The summed E-state index contributed by atoms with van der Waals surface area (Å²) in [6.07, 6.45) is 5.52. The lowest BCUT2D eigenvalue weighted by Gasteiger charge is -2.13. The Morgan fingerprint density at radius 3 is 2.69 bits per heavy atom. The summed E-state index contributed by atoms with van der Waals surface area (Å²) in [6, 6.07) is 2.08. The molecule has 0 aromatic carbocycles. The molecule has 2 nitrogen and oxygen atoms in total. The lowest BCUT2D eigenvalue weighted by atomic mass is 10.0. The number of hydrogen-bond acceptors (Lipinski definition) is 2. The SMILES string of the molecule is CCCC[C@@H](CC)COCCC#N. The normalized spacial score (nSPS) is 12.4. The molecule has 0 saturated carbocycles. The van der Waals surface area contributed by atoms with Crippen molar-refractivity contribution in [2.24, 2.45) is 5.92 Å². The topological polar surface area (TPSA) is 33.0 Å². The predicted octanol–water partition coefficient (Wildman–Crippen LogP) is 3.13. The Labute approximate surface area is 81.9 Å². The summed E-state index contributed by atoms with van der Waals surface area (Å²) in [6.45, 7) is 5.84. The van der Waals surface area contributed by atoms with Gasteiger partial charge in [-0.05, 0) is 12.3 Å². The predicted molar refractivity (Wildman–Crippen MR) is 54.4 cm³/mol. The van der Waals surface area contributed by atoms with E-state index < -0.39 is 0 Å². The van der Waals surface area contributed by atoms with Gasteiger partial charge in [-0.15, -0.1) is 0 Å². The fourth-order valence-corrected chi connectivity index (χ4v) is 1.27. The molecule has 0 bridgehead atoms. The van der Waals surface area contributed by atoms with Gasteiger partial charge in [0.2, 0.25) is 0 Å². The van der Waals surface area contributed by atoms with Crippen molar-refractivity contribution in [3.05, 3.63) is 0 Å². The molecule has 0 aliphatic rings. The van der Waals surface area contributed by atoms with Gasteiger partial charge in [-0.3, -0.25) is 0 Å². The highest BCUT2D eigenvalue weighted by Gasteiger charge is 2.04. The lowest BCUT2D eigenvalue weighted by molar-refractivity contribution is 0.0982. The number of nitrogens with zero attached hydrogens (tertiary/aromatic N) is 1. The van der Waals surface area contributed by atoms with Crippen LogP contribution in [0.5, 0.6) is 0 Å². The van der Waals surface area contributed by atoms with Crippen LogP contribution in [-0.2, 0) is 4.74 Å². The Bertz CT molecular complexity index is 140. The van der Waals surface area contributed by atoms with Gasteiger partial charge in [0.05, 0.1) is 19.1 Å². The monoisotopic (exact) mass is 183 g/mol. The van der Waals surface area contributed by atoms with E-state index in [1.165, 1.54) is 25.7 Å². The smallest absolute Gasteiger partial charge is 0.0645 e. The first-order valence-corrected chi connectivity index (χ1v) is 5.29. The van der Waals surface area contributed by atoms with Crippen molar-refractivity contribution in [3.63, 3.8) is 0 Å². The Balaban J connectivity index is 3.32. The van der Waals surface area contributed by atoms with E-state index in [0.717, 1.165) is 6.61 Å². The molecule has 0 unspecified atom stereocenters. The molecule has 0 aromatic heterocycles. The van der Waals surface area contributed by atoms with Crippen LogP contribution >= 0.6 is 0 Å². The number of unbranched alkanes of at least 4 members (excludes halogenated alkanes) is 1. The standard InChI is InChI=1S/C11H21NO/c1-3-5-7-11(4-2)10-13-9-6-8-12/h11H,3-7,9-10H2,1-2H3/t11-/m1/s1. The molecule has 0 rings (SSSR count). The maximum Gasteiger partial charge on any atom is 0.0645 e. The Morgan fingerprint density at radius 2 is 2.15 bits per heavy atom. The van der Waals surface area contributed by atoms with Crippen LogP contribution in [0.15, 0.2) is 0 Å². The number of hydrogen-bond donors (Lipinski definition) is 0. The third-order valence-electron chi connectivity index (χ3n) is 2.26. The molecule has 0 fully saturated rings. The highest BCUT2D eigenvalue weighted by molar-refractivity contribution is 4.67. The molecule has 0 radical (unpaired) electrons. The van der Waals surface area contributed by atoms with E-state index in [4.69, 9.17) is 10.00 Å². The fourth-order valence-electron chi connectivity index (χ4n) is 1.27. The summed E-state index contributed by atoms with van der Waals surface area (Å²) in [5.41, 5.74) is 0. The number of nitriles is 1. The maximum atomic E-state index is 8.30. The number of ether oxygens (including phenoxy) is 1. The molecule has 0 saturated heterocycles. The quantitative estimate of drug-likeness (QED) is 0.542. The van der Waals surface area contributed by atoms with Gasteiger partial charge >= 0.3 is 0 Å². The average Bonchev–Trinajstić information content (AvgIpc) is 2.17. The molecular formula is C11H21NO. The van der Waals surface area contributed by atoms with Crippen LogP contribution in [0.2, 0.25) is 0 Å². The second-order valence-corrected chi connectivity index (χ2v) is 3.40. The summed E-state index contributed by atoms with van der Waals surface area (Å²) >= 11 is 0. The van der Waals surface area contributed by atoms with E-state index in [1.54, 1.807) is 0 Å². The molecule has 0 aliphatic heterocycles. The van der Waals surface area contributed by atoms with Crippen LogP contribution in [-0.4, -0.2) is 13.2 Å². The zero-order valence-electron chi connectivity index (χ0n) is 8.88. The molecule has 76 valence electrons. The minimum atomic E-state index is 0.518. The van der Waals surface area contributed by atoms with Gasteiger partial charge < -0.3 is 4.74 Å². The van der Waals surface area contributed by atoms with Gasteiger partial charge in [0, 0.05) is 6.61 Å². The third kappa shape index (κ3) is 7.80. The molecule has 13 heavy (non-hydrogen) atoms. The van der Waals surface area contributed by atoms with Gasteiger partial charge in [-0.2, -0.15) is 5.26 Å². The van der Waals surface area contributed by atoms with Crippen molar-refractivity contribution in [2.75, 3.05) is 13.2 Å². The van der Waals surface area contributed by atoms with Gasteiger partial charge in [0.25, 0.3) is 0 Å². The van der Waals surface area contributed by atoms with E-state index in [2.05, 4.69) is 19.9 Å². The van der Waals surface area contributed by atoms with Crippen molar-refractivity contribution < 1.29 is 4.74 Å². The van der Waals surface area contributed by atoms with E-state index >= 15 is 0 Å². The van der Waals surface area contributed by atoms with E-state index in [1.807, 2.05) is 0 Å². The third-order valence-corrected chi connectivity index (χ3v) is 2.26. The highest BCUT2D eigenvalue weighted by atomic mass is 16.5. The lowest BCUT2D eigenvalue weighted by Crippen LogP contribution is -2.09. The first-order chi connectivity index (χ1) is 6.35. The largest absolute Gasteiger partial charge is 0.380 e. The van der Waals surface area contributed by atoms with Crippen molar-refractivity contribution in [3.8, 4) is 6.07 Å². The summed E-state index contributed by atoms with van der Waals surface area (Å²) in [7, 11) is 0. The zero-order chi connectivity index (χ0) is 9.94. The molecule has 0 heterocycles. The van der Waals surface area contributed by atoms with Crippen LogP contribution in [0.25, 0.3) is 0 Å². The first kappa shape index (κ1) is 12.4. The molecule has 0 aromatic rings. The Morgan fingerprint density at radius 1 is 1.38 bits per heavy atom. The minimum absolute atomic E-state index is 0.518. The Hall–Kier alpha value is -0.550. The first-order valence-electron chi connectivity index (χ1n) is 5.29. The Kier molecular flexibility index (Phi) is 9.13. The van der Waals surface area contributed by atoms with Crippen molar-refractivity contribution in [1.82, 2.24) is 0 Å². The van der Waals surface area contributed by atoms with Gasteiger partial charge in [-0.25, -0.2) is 0 Å². The maximum absolute atomic E-state index is 8.30. The van der Waals surface area contributed by atoms with Crippen LogP contribution in [0, 0.1) is 17.2 Å². The van der Waals surface area contributed by atoms with E-state index in [0.29, 0.717) is 18.9 Å². The van der Waals surface area contributed by atoms with Crippen LogP contribution in [0.3, 0.4) is 0 Å². The molecule has 0 amide bonds. The molecule has 1 atom stereocenters. The summed E-state index contributed by atoms with van der Waals surface area (Å²) in [5, 5.41) is 8.30.